The van der Waals surface area contributed by atoms with Crippen molar-refractivity contribution in [2.24, 2.45) is 0 Å². The van der Waals surface area contributed by atoms with Crippen LogP contribution in [0.3, 0.4) is 0 Å². The summed E-state index contributed by atoms with van der Waals surface area (Å²) in [6.07, 6.45) is 3.88. The molecule has 1 amide bonds. The molecule has 0 saturated heterocycles. The molecule has 0 fully saturated rings. The van der Waals surface area contributed by atoms with Gasteiger partial charge in [0.2, 0.25) is 5.91 Å². The standard InChI is InChI=1S/C24H25N5O3/c1-15-12-16(2)25-23-22(15)24(28-8-4-5-9-28)27-29(23)14-21(30)26-17(3)18-6-7-19-20(13-18)32-11-10-31-19/h4-9,12-13,17H,10-11,14H2,1-3H3,(H,26,30)/t17-/m0/s1. The molecule has 0 spiro atoms. The Bertz CT molecular complexity index is 1290. The number of ether oxygens (including phenoxy) is 2. The zero-order chi connectivity index (χ0) is 22.2. The molecule has 4 aromatic rings. The third-order valence-electron chi connectivity index (χ3n) is 5.60. The van der Waals surface area contributed by atoms with Crippen molar-refractivity contribution in [3.8, 4) is 17.3 Å². The van der Waals surface area contributed by atoms with Gasteiger partial charge < -0.3 is 19.4 Å². The van der Waals surface area contributed by atoms with Crippen LogP contribution < -0.4 is 14.8 Å². The second-order valence-electron chi connectivity index (χ2n) is 8.04. The van der Waals surface area contributed by atoms with Crippen molar-refractivity contribution in [3.05, 3.63) is 65.6 Å². The van der Waals surface area contributed by atoms with Crippen molar-refractivity contribution in [3.63, 3.8) is 0 Å². The zero-order valence-corrected chi connectivity index (χ0v) is 18.3. The van der Waals surface area contributed by atoms with Gasteiger partial charge in [-0.3, -0.25) is 4.79 Å². The van der Waals surface area contributed by atoms with Gasteiger partial charge in [-0.2, -0.15) is 5.10 Å². The summed E-state index contributed by atoms with van der Waals surface area (Å²) in [7, 11) is 0. The van der Waals surface area contributed by atoms with Gasteiger partial charge in [-0.05, 0) is 62.2 Å². The van der Waals surface area contributed by atoms with Gasteiger partial charge >= 0.3 is 0 Å². The fraction of sp³-hybridized carbons (Fsp3) is 0.292. The van der Waals surface area contributed by atoms with Crippen molar-refractivity contribution < 1.29 is 14.3 Å². The normalized spacial score (nSPS) is 13.8. The number of nitrogens with zero attached hydrogens (tertiary/aromatic N) is 4. The molecule has 1 atom stereocenters. The van der Waals surface area contributed by atoms with Gasteiger partial charge in [0, 0.05) is 18.1 Å². The summed E-state index contributed by atoms with van der Waals surface area (Å²) in [5.41, 5.74) is 3.62. The van der Waals surface area contributed by atoms with Crippen LogP contribution in [0, 0.1) is 13.8 Å². The Balaban J connectivity index is 1.40. The van der Waals surface area contributed by atoms with Crippen molar-refractivity contribution in [2.45, 2.75) is 33.4 Å². The van der Waals surface area contributed by atoms with E-state index in [9.17, 15) is 4.79 Å². The lowest BCUT2D eigenvalue weighted by atomic mass is 10.1. The Labute approximate surface area is 185 Å². The van der Waals surface area contributed by atoms with Crippen molar-refractivity contribution in [1.82, 2.24) is 24.6 Å². The van der Waals surface area contributed by atoms with E-state index in [1.807, 2.05) is 74.1 Å². The highest BCUT2D eigenvalue weighted by atomic mass is 16.6. The summed E-state index contributed by atoms with van der Waals surface area (Å²) < 4.78 is 14.9. The molecule has 3 aromatic heterocycles. The van der Waals surface area contributed by atoms with Crippen molar-refractivity contribution in [1.29, 1.82) is 0 Å². The molecule has 32 heavy (non-hydrogen) atoms. The molecular weight excluding hydrogens is 406 g/mol. The molecule has 8 nitrogen and oxygen atoms in total. The number of nitrogens with one attached hydrogen (secondary N) is 1. The number of amides is 1. The molecule has 1 aliphatic heterocycles. The van der Waals surface area contributed by atoms with Crippen LogP contribution in [0.2, 0.25) is 0 Å². The fourth-order valence-electron chi connectivity index (χ4n) is 4.09. The van der Waals surface area contributed by atoms with E-state index in [2.05, 4.69) is 10.3 Å². The van der Waals surface area contributed by atoms with Gasteiger partial charge in [0.1, 0.15) is 19.8 Å². The molecule has 1 N–H and O–H groups in total. The van der Waals surface area contributed by atoms with E-state index in [4.69, 9.17) is 14.6 Å². The van der Waals surface area contributed by atoms with E-state index >= 15 is 0 Å². The second kappa shape index (κ2) is 8.03. The van der Waals surface area contributed by atoms with Gasteiger partial charge in [0.25, 0.3) is 0 Å². The van der Waals surface area contributed by atoms with E-state index in [1.165, 1.54) is 0 Å². The first-order valence-corrected chi connectivity index (χ1v) is 10.7. The monoisotopic (exact) mass is 431 g/mol. The highest BCUT2D eigenvalue weighted by molar-refractivity contribution is 5.88. The first-order valence-electron chi connectivity index (χ1n) is 10.7. The molecule has 0 unspecified atom stereocenters. The predicted molar refractivity (Wildman–Crippen MR) is 120 cm³/mol. The van der Waals surface area contributed by atoms with Crippen molar-refractivity contribution in [2.75, 3.05) is 13.2 Å². The SMILES string of the molecule is Cc1cc(C)c2c(-n3cccc3)nn(CC(=O)N[C@@H](C)c3ccc4c(c3)OCCO4)c2n1. The van der Waals surface area contributed by atoms with Crippen molar-refractivity contribution >= 4 is 16.9 Å². The Morgan fingerprint density at radius 2 is 1.88 bits per heavy atom. The minimum absolute atomic E-state index is 0.0720. The summed E-state index contributed by atoms with van der Waals surface area (Å²) in [5, 5.41) is 8.73. The van der Waals surface area contributed by atoms with Crippen LogP contribution in [0.25, 0.3) is 16.9 Å². The van der Waals surface area contributed by atoms with Crippen LogP contribution in [0.4, 0.5) is 0 Å². The summed E-state index contributed by atoms with van der Waals surface area (Å²) in [6, 6.07) is 11.5. The minimum Gasteiger partial charge on any atom is -0.486 e. The first kappa shape index (κ1) is 20.1. The van der Waals surface area contributed by atoms with Gasteiger partial charge in [-0.15, -0.1) is 0 Å². The second-order valence-corrected chi connectivity index (χ2v) is 8.04. The van der Waals surface area contributed by atoms with E-state index in [0.717, 1.165) is 33.8 Å². The summed E-state index contributed by atoms with van der Waals surface area (Å²) in [6.45, 7) is 7.08. The largest absolute Gasteiger partial charge is 0.486 e. The molecule has 1 aromatic carbocycles. The van der Waals surface area contributed by atoms with Crippen LogP contribution >= 0.6 is 0 Å². The van der Waals surface area contributed by atoms with Crippen LogP contribution in [0.1, 0.15) is 29.8 Å². The van der Waals surface area contributed by atoms with Crippen LogP contribution in [-0.4, -0.2) is 38.5 Å². The number of aryl methyl sites for hydroxylation is 2. The number of pyridine rings is 1. The highest BCUT2D eigenvalue weighted by Crippen LogP contribution is 2.32. The molecule has 0 radical (unpaired) electrons. The molecule has 0 saturated carbocycles. The number of rotatable bonds is 5. The zero-order valence-electron chi connectivity index (χ0n) is 18.3. The molecule has 5 rings (SSSR count). The first-order chi connectivity index (χ1) is 15.5. The Morgan fingerprint density at radius 1 is 1.12 bits per heavy atom. The third kappa shape index (κ3) is 3.68. The summed E-state index contributed by atoms with van der Waals surface area (Å²) >= 11 is 0. The molecule has 164 valence electrons. The van der Waals surface area contributed by atoms with E-state index in [1.54, 1.807) is 4.68 Å². The topological polar surface area (TPSA) is 83.2 Å². The third-order valence-corrected chi connectivity index (χ3v) is 5.60. The lowest BCUT2D eigenvalue weighted by molar-refractivity contribution is -0.122. The highest BCUT2D eigenvalue weighted by Gasteiger charge is 2.20. The Kier molecular flexibility index (Phi) is 5.05. The molecule has 8 heteroatoms. The quantitative estimate of drug-likeness (QED) is 0.523. The van der Waals surface area contributed by atoms with Crippen LogP contribution in [-0.2, 0) is 11.3 Å². The number of hydrogen-bond acceptors (Lipinski definition) is 5. The molecule has 0 aliphatic carbocycles. The average molecular weight is 431 g/mol. The Hall–Kier alpha value is -3.81. The fourth-order valence-corrected chi connectivity index (χ4v) is 4.09. The molecular formula is C24H25N5O3. The van der Waals surface area contributed by atoms with E-state index < -0.39 is 0 Å². The summed E-state index contributed by atoms with van der Waals surface area (Å²) in [5.74, 6) is 2.06. The minimum atomic E-state index is -0.194. The molecule has 1 aliphatic rings. The number of fused-ring (bicyclic) bond motifs is 2. The van der Waals surface area contributed by atoms with Crippen LogP contribution in [0.5, 0.6) is 11.5 Å². The molecule has 4 heterocycles. The van der Waals surface area contributed by atoms with Gasteiger partial charge in [-0.25, -0.2) is 9.67 Å². The number of benzene rings is 1. The summed E-state index contributed by atoms with van der Waals surface area (Å²) in [4.78, 5) is 17.6. The average Bonchev–Trinajstić information content (AvgIpc) is 3.42. The predicted octanol–water partition coefficient (Wildman–Crippen LogP) is 3.49. The lowest BCUT2D eigenvalue weighted by Gasteiger charge is -2.21. The number of hydrogen-bond donors (Lipinski definition) is 1. The maximum Gasteiger partial charge on any atom is 0.242 e. The van der Waals surface area contributed by atoms with Gasteiger partial charge in [0.15, 0.2) is 23.0 Å². The maximum absolute atomic E-state index is 12.9. The van der Waals surface area contributed by atoms with Gasteiger partial charge in [0.05, 0.1) is 11.4 Å². The van der Waals surface area contributed by atoms with Crippen LogP contribution in [0.15, 0.2) is 48.8 Å². The number of carbonyl (C=O) groups is 1. The lowest BCUT2D eigenvalue weighted by Crippen LogP contribution is -2.30. The smallest absolute Gasteiger partial charge is 0.242 e. The molecule has 0 bridgehead atoms. The van der Waals surface area contributed by atoms with E-state index in [0.29, 0.717) is 24.6 Å². The van der Waals surface area contributed by atoms with E-state index in [-0.39, 0.29) is 18.5 Å². The van der Waals surface area contributed by atoms with Gasteiger partial charge in [-0.1, -0.05) is 6.07 Å². The number of carbonyl (C=O) groups excluding carboxylic acids is 1. The number of aromatic nitrogens is 4. The maximum atomic E-state index is 12.9. The Morgan fingerprint density at radius 3 is 2.66 bits per heavy atom.